The van der Waals surface area contributed by atoms with Gasteiger partial charge in [-0.2, -0.15) is 5.10 Å². The number of guanidine groups is 1. The van der Waals surface area contributed by atoms with Crippen LogP contribution in [0.15, 0.2) is 11.1 Å². The first-order valence-corrected chi connectivity index (χ1v) is 5.58. The van der Waals surface area contributed by atoms with Crippen LogP contribution in [0, 0.1) is 6.92 Å². The van der Waals surface area contributed by atoms with Crippen LogP contribution in [-0.2, 0) is 18.3 Å². The van der Waals surface area contributed by atoms with Crippen molar-refractivity contribution in [2.45, 2.75) is 26.4 Å². The van der Waals surface area contributed by atoms with Crippen molar-refractivity contribution in [2.75, 3.05) is 13.7 Å². The van der Waals surface area contributed by atoms with E-state index in [0.29, 0.717) is 19.1 Å². The molecule has 3 N–H and O–H groups in total. The van der Waals surface area contributed by atoms with Crippen molar-refractivity contribution >= 4 is 5.96 Å². The Hall–Kier alpha value is -1.56. The normalized spacial score (nSPS) is 13.8. The predicted octanol–water partition coefficient (Wildman–Crippen LogP) is 0.168. The molecule has 1 heterocycles. The van der Waals surface area contributed by atoms with Crippen molar-refractivity contribution < 1.29 is 4.74 Å². The van der Waals surface area contributed by atoms with Gasteiger partial charge in [0, 0.05) is 20.2 Å². The fourth-order valence-electron chi connectivity index (χ4n) is 1.57. The highest BCUT2D eigenvalue weighted by Crippen LogP contribution is 2.02. The molecule has 1 atom stereocenters. The number of aliphatic imine (C=N–C) groups is 1. The molecular weight excluding hydrogens is 218 g/mol. The smallest absolute Gasteiger partial charge is 0.189 e. The second kappa shape index (κ2) is 6.24. The van der Waals surface area contributed by atoms with Crippen LogP contribution < -0.4 is 11.1 Å². The van der Waals surface area contributed by atoms with Gasteiger partial charge in [0.1, 0.15) is 0 Å². The molecule has 1 aromatic rings. The van der Waals surface area contributed by atoms with E-state index in [4.69, 9.17) is 10.5 Å². The first-order valence-electron chi connectivity index (χ1n) is 5.58. The van der Waals surface area contributed by atoms with Crippen molar-refractivity contribution in [2.24, 2.45) is 17.8 Å². The second-order valence-corrected chi connectivity index (χ2v) is 4.10. The Morgan fingerprint density at radius 3 is 2.94 bits per heavy atom. The summed E-state index contributed by atoms with van der Waals surface area (Å²) < 4.78 is 6.81. The van der Waals surface area contributed by atoms with Crippen LogP contribution >= 0.6 is 0 Å². The van der Waals surface area contributed by atoms with Crippen molar-refractivity contribution in [3.05, 3.63) is 17.5 Å². The summed E-state index contributed by atoms with van der Waals surface area (Å²) in [5, 5.41) is 7.30. The average molecular weight is 239 g/mol. The fraction of sp³-hybridized carbons (Fsp3) is 0.636. The molecule has 0 aliphatic rings. The first kappa shape index (κ1) is 13.5. The Bertz CT molecular complexity index is 385. The molecule has 17 heavy (non-hydrogen) atoms. The maximum absolute atomic E-state index is 5.76. The molecule has 0 saturated heterocycles. The van der Waals surface area contributed by atoms with E-state index >= 15 is 0 Å². The summed E-state index contributed by atoms with van der Waals surface area (Å²) in [6.45, 7) is 5.06. The summed E-state index contributed by atoms with van der Waals surface area (Å²) in [4.78, 5) is 4.26. The second-order valence-electron chi connectivity index (χ2n) is 4.10. The highest BCUT2D eigenvalue weighted by atomic mass is 16.5. The number of nitrogens with two attached hydrogens (primary N) is 1. The zero-order valence-corrected chi connectivity index (χ0v) is 10.9. The van der Waals surface area contributed by atoms with E-state index in [2.05, 4.69) is 15.4 Å². The molecule has 1 rings (SSSR count). The Morgan fingerprint density at radius 2 is 2.41 bits per heavy atom. The summed E-state index contributed by atoms with van der Waals surface area (Å²) in [6.07, 6.45) is 0. The van der Waals surface area contributed by atoms with Crippen molar-refractivity contribution in [1.82, 2.24) is 15.1 Å². The molecule has 6 nitrogen and oxygen atoms in total. The third-order valence-corrected chi connectivity index (χ3v) is 2.32. The number of hydrogen-bond acceptors (Lipinski definition) is 3. The van der Waals surface area contributed by atoms with Crippen molar-refractivity contribution in [3.63, 3.8) is 0 Å². The van der Waals surface area contributed by atoms with Crippen LogP contribution in [0.25, 0.3) is 0 Å². The summed E-state index contributed by atoms with van der Waals surface area (Å²) in [5.74, 6) is 0.424. The fourth-order valence-corrected chi connectivity index (χ4v) is 1.57. The molecule has 0 radical (unpaired) electrons. The topological polar surface area (TPSA) is 77.5 Å². The highest BCUT2D eigenvalue weighted by molar-refractivity contribution is 5.78. The van der Waals surface area contributed by atoms with Gasteiger partial charge in [0.25, 0.3) is 0 Å². The lowest BCUT2D eigenvalue weighted by Crippen LogP contribution is -2.40. The summed E-state index contributed by atoms with van der Waals surface area (Å²) in [5.41, 5.74) is 7.78. The molecule has 1 aromatic heterocycles. The van der Waals surface area contributed by atoms with Crippen molar-refractivity contribution in [1.29, 1.82) is 0 Å². The minimum Gasteiger partial charge on any atom is -0.383 e. The number of methoxy groups -OCH3 is 1. The first-order chi connectivity index (χ1) is 8.02. The Morgan fingerprint density at radius 1 is 1.71 bits per heavy atom. The molecular formula is C11H21N5O. The minimum absolute atomic E-state index is 0.150. The van der Waals surface area contributed by atoms with Gasteiger partial charge >= 0.3 is 0 Å². The zero-order chi connectivity index (χ0) is 12.8. The van der Waals surface area contributed by atoms with Gasteiger partial charge in [-0.3, -0.25) is 4.68 Å². The summed E-state index contributed by atoms with van der Waals surface area (Å²) >= 11 is 0. The Balaban J connectivity index is 2.50. The Kier molecular flexibility index (Phi) is 4.96. The van der Waals surface area contributed by atoms with E-state index in [-0.39, 0.29) is 6.04 Å². The summed E-state index contributed by atoms with van der Waals surface area (Å²) in [6, 6.07) is 2.15. The predicted molar refractivity (Wildman–Crippen MR) is 67.7 cm³/mol. The van der Waals surface area contributed by atoms with Crippen LogP contribution in [0.3, 0.4) is 0 Å². The van der Waals surface area contributed by atoms with Gasteiger partial charge in [-0.15, -0.1) is 0 Å². The molecule has 0 spiro atoms. The SMILES string of the molecule is COCC(C)NC(N)=NCc1cc(C)nn1C. The third-order valence-electron chi connectivity index (χ3n) is 2.32. The van der Waals surface area contributed by atoms with Gasteiger partial charge in [0.15, 0.2) is 5.96 Å². The van der Waals surface area contributed by atoms with Crippen LogP contribution in [0.4, 0.5) is 0 Å². The number of nitrogens with one attached hydrogen (secondary N) is 1. The van der Waals surface area contributed by atoms with E-state index in [1.54, 1.807) is 7.11 Å². The van der Waals surface area contributed by atoms with E-state index < -0.39 is 0 Å². The van der Waals surface area contributed by atoms with Crippen LogP contribution in [0.1, 0.15) is 18.3 Å². The number of aromatic nitrogens is 2. The van der Waals surface area contributed by atoms with Gasteiger partial charge in [-0.05, 0) is 19.9 Å². The van der Waals surface area contributed by atoms with E-state index in [0.717, 1.165) is 11.4 Å². The lowest BCUT2D eigenvalue weighted by atomic mass is 10.3. The molecule has 0 bridgehead atoms. The number of aryl methyl sites for hydroxylation is 2. The monoisotopic (exact) mass is 239 g/mol. The molecule has 96 valence electrons. The molecule has 0 saturated carbocycles. The number of rotatable bonds is 5. The van der Waals surface area contributed by atoms with Gasteiger partial charge in [0.2, 0.25) is 0 Å². The summed E-state index contributed by atoms with van der Waals surface area (Å²) in [7, 11) is 3.55. The maximum Gasteiger partial charge on any atom is 0.189 e. The van der Waals surface area contributed by atoms with Gasteiger partial charge < -0.3 is 15.8 Å². The third kappa shape index (κ3) is 4.44. The molecule has 0 amide bonds. The zero-order valence-electron chi connectivity index (χ0n) is 10.9. The average Bonchev–Trinajstić information content (AvgIpc) is 2.54. The van der Waals surface area contributed by atoms with E-state index in [1.165, 1.54) is 0 Å². The van der Waals surface area contributed by atoms with Gasteiger partial charge in [-0.1, -0.05) is 0 Å². The molecule has 0 aromatic carbocycles. The molecule has 6 heteroatoms. The quantitative estimate of drug-likeness (QED) is 0.567. The number of nitrogens with zero attached hydrogens (tertiary/aromatic N) is 3. The van der Waals surface area contributed by atoms with Crippen LogP contribution in [0.5, 0.6) is 0 Å². The maximum atomic E-state index is 5.76. The van der Waals surface area contributed by atoms with Crippen LogP contribution in [0.2, 0.25) is 0 Å². The van der Waals surface area contributed by atoms with Crippen molar-refractivity contribution in [3.8, 4) is 0 Å². The van der Waals surface area contributed by atoms with Crippen LogP contribution in [-0.4, -0.2) is 35.5 Å². The number of ether oxygens (including phenoxy) is 1. The lowest BCUT2D eigenvalue weighted by Gasteiger charge is -2.12. The minimum atomic E-state index is 0.150. The van der Waals surface area contributed by atoms with Gasteiger partial charge in [0.05, 0.1) is 24.5 Å². The molecule has 0 aliphatic heterocycles. The number of hydrogen-bond donors (Lipinski definition) is 2. The molecule has 0 fully saturated rings. The van der Waals surface area contributed by atoms with E-state index in [1.807, 2.05) is 31.6 Å². The van der Waals surface area contributed by atoms with Gasteiger partial charge in [-0.25, -0.2) is 4.99 Å². The van der Waals surface area contributed by atoms with E-state index in [9.17, 15) is 0 Å². The molecule has 1 unspecified atom stereocenters. The highest BCUT2D eigenvalue weighted by Gasteiger charge is 2.03. The Labute approximate surface area is 102 Å². The largest absolute Gasteiger partial charge is 0.383 e. The lowest BCUT2D eigenvalue weighted by molar-refractivity contribution is 0.179. The standard InChI is InChI=1S/C11H21N5O/c1-8-5-10(16(3)15-8)6-13-11(12)14-9(2)7-17-4/h5,9H,6-7H2,1-4H3,(H3,12,13,14). The molecule has 0 aliphatic carbocycles.